The van der Waals surface area contributed by atoms with Gasteiger partial charge in [0.1, 0.15) is 5.82 Å². The zero-order valence-corrected chi connectivity index (χ0v) is 16.6. The first-order valence-electron chi connectivity index (χ1n) is 9.88. The first kappa shape index (κ1) is 20.5. The van der Waals surface area contributed by atoms with Gasteiger partial charge in [-0.25, -0.2) is 18.6 Å². The minimum Gasteiger partial charge on any atom is -0.478 e. The van der Waals surface area contributed by atoms with Gasteiger partial charge in [-0.2, -0.15) is 0 Å². The van der Waals surface area contributed by atoms with Gasteiger partial charge in [0.2, 0.25) is 0 Å². The summed E-state index contributed by atoms with van der Waals surface area (Å²) in [5.41, 5.74) is 3.90. The lowest BCUT2D eigenvalue weighted by Crippen LogP contribution is -1.99. The van der Waals surface area contributed by atoms with E-state index in [0.29, 0.717) is 12.0 Å². The molecule has 0 saturated heterocycles. The summed E-state index contributed by atoms with van der Waals surface area (Å²) >= 11 is 0. The normalized spacial score (nSPS) is 10.9. The number of imidazole rings is 1. The third kappa shape index (κ3) is 4.69. The molecule has 0 atom stereocenters. The second kappa shape index (κ2) is 8.92. The SMILES string of the molecule is O=C(O)c1ccccc1-c1ccc(CCc2ncc(Cc3cccc(F)c3F)[nH]2)cc1. The van der Waals surface area contributed by atoms with Crippen LogP contribution < -0.4 is 0 Å². The topological polar surface area (TPSA) is 66.0 Å². The Hall–Kier alpha value is -3.80. The number of aromatic nitrogens is 2. The Labute approximate surface area is 178 Å². The molecule has 3 aromatic carbocycles. The van der Waals surface area contributed by atoms with Crippen molar-refractivity contribution in [2.75, 3.05) is 0 Å². The van der Waals surface area contributed by atoms with E-state index in [1.54, 1.807) is 30.5 Å². The number of aryl methyl sites for hydroxylation is 2. The van der Waals surface area contributed by atoms with E-state index in [2.05, 4.69) is 9.97 Å². The lowest BCUT2D eigenvalue weighted by atomic mass is 9.98. The van der Waals surface area contributed by atoms with Crippen LogP contribution in [0, 0.1) is 11.6 Å². The highest BCUT2D eigenvalue weighted by molar-refractivity contribution is 5.95. The molecule has 0 bridgehead atoms. The summed E-state index contributed by atoms with van der Waals surface area (Å²) in [4.78, 5) is 18.9. The van der Waals surface area contributed by atoms with Crippen molar-refractivity contribution in [2.45, 2.75) is 19.3 Å². The van der Waals surface area contributed by atoms with Crippen LogP contribution in [0.4, 0.5) is 8.78 Å². The monoisotopic (exact) mass is 418 g/mol. The molecule has 156 valence electrons. The third-order valence-electron chi connectivity index (χ3n) is 5.17. The van der Waals surface area contributed by atoms with Crippen LogP contribution in [-0.2, 0) is 19.3 Å². The molecule has 0 unspecified atom stereocenters. The van der Waals surface area contributed by atoms with Gasteiger partial charge in [0.25, 0.3) is 0 Å². The van der Waals surface area contributed by atoms with Gasteiger partial charge in [0, 0.05) is 24.7 Å². The van der Waals surface area contributed by atoms with Gasteiger partial charge in [0.15, 0.2) is 11.6 Å². The average molecular weight is 418 g/mol. The standard InChI is InChI=1S/C25H20F2N2O2/c26-22-7-3-4-18(24(22)27)14-19-15-28-23(29-19)13-10-16-8-11-17(12-9-16)20-5-1-2-6-21(20)25(30)31/h1-9,11-12,15H,10,13-14H2,(H,28,29)(H,30,31). The molecule has 0 amide bonds. The Bertz CT molecular complexity index is 1220. The fourth-order valence-electron chi connectivity index (χ4n) is 3.55. The maximum absolute atomic E-state index is 13.8. The molecule has 4 nitrogen and oxygen atoms in total. The van der Waals surface area contributed by atoms with Crippen molar-refractivity contribution in [3.05, 3.63) is 113 Å². The van der Waals surface area contributed by atoms with Gasteiger partial charge in [-0.05, 0) is 40.8 Å². The van der Waals surface area contributed by atoms with Crippen molar-refractivity contribution in [3.63, 3.8) is 0 Å². The number of aromatic carboxylic acids is 1. The number of nitrogens with zero attached hydrogens (tertiary/aromatic N) is 1. The van der Waals surface area contributed by atoms with E-state index in [0.717, 1.165) is 35.1 Å². The van der Waals surface area contributed by atoms with E-state index >= 15 is 0 Å². The van der Waals surface area contributed by atoms with Gasteiger partial charge in [-0.3, -0.25) is 0 Å². The molecule has 0 aliphatic heterocycles. The van der Waals surface area contributed by atoms with Gasteiger partial charge >= 0.3 is 5.97 Å². The highest BCUT2D eigenvalue weighted by Crippen LogP contribution is 2.24. The number of nitrogens with one attached hydrogen (secondary N) is 1. The summed E-state index contributed by atoms with van der Waals surface area (Å²) < 4.78 is 27.2. The quantitative estimate of drug-likeness (QED) is 0.421. The number of hydrogen-bond acceptors (Lipinski definition) is 2. The molecule has 2 N–H and O–H groups in total. The van der Waals surface area contributed by atoms with E-state index < -0.39 is 17.6 Å². The van der Waals surface area contributed by atoms with Crippen molar-refractivity contribution < 1.29 is 18.7 Å². The molecule has 0 spiro atoms. The van der Waals surface area contributed by atoms with Crippen molar-refractivity contribution in [3.8, 4) is 11.1 Å². The molecule has 6 heteroatoms. The number of H-pyrrole nitrogens is 1. The number of carboxylic acids is 1. The van der Waals surface area contributed by atoms with E-state index in [1.807, 2.05) is 30.3 Å². The lowest BCUT2D eigenvalue weighted by molar-refractivity contribution is 0.0697. The second-order valence-electron chi connectivity index (χ2n) is 7.29. The zero-order valence-electron chi connectivity index (χ0n) is 16.6. The third-order valence-corrected chi connectivity index (χ3v) is 5.17. The van der Waals surface area contributed by atoms with E-state index in [9.17, 15) is 18.7 Å². The molecule has 0 radical (unpaired) electrons. The van der Waals surface area contributed by atoms with E-state index in [-0.39, 0.29) is 17.5 Å². The van der Waals surface area contributed by atoms with Gasteiger partial charge in [-0.1, -0.05) is 54.6 Å². The van der Waals surface area contributed by atoms with Crippen LogP contribution in [0.25, 0.3) is 11.1 Å². The molecule has 0 fully saturated rings. The zero-order chi connectivity index (χ0) is 21.8. The summed E-state index contributed by atoms with van der Waals surface area (Å²) in [6.07, 6.45) is 3.29. The van der Waals surface area contributed by atoms with Crippen LogP contribution >= 0.6 is 0 Å². The Balaban J connectivity index is 1.40. The van der Waals surface area contributed by atoms with Crippen LogP contribution in [0.5, 0.6) is 0 Å². The molecule has 0 saturated carbocycles. The van der Waals surface area contributed by atoms with Crippen molar-refractivity contribution in [1.82, 2.24) is 9.97 Å². The molecule has 0 aliphatic carbocycles. The summed E-state index contributed by atoms with van der Waals surface area (Å²) in [5.74, 6) is -1.87. The molecule has 0 aliphatic rings. The smallest absolute Gasteiger partial charge is 0.336 e. The molecule has 1 aromatic heterocycles. The van der Waals surface area contributed by atoms with Crippen LogP contribution in [-0.4, -0.2) is 21.0 Å². The van der Waals surface area contributed by atoms with Gasteiger partial charge < -0.3 is 10.1 Å². The first-order chi connectivity index (χ1) is 15.0. The summed E-state index contributed by atoms with van der Waals surface area (Å²) in [5, 5.41) is 9.37. The van der Waals surface area contributed by atoms with Crippen molar-refractivity contribution in [2.24, 2.45) is 0 Å². The van der Waals surface area contributed by atoms with Crippen LogP contribution in [0.2, 0.25) is 0 Å². The van der Waals surface area contributed by atoms with Crippen molar-refractivity contribution >= 4 is 5.97 Å². The average Bonchev–Trinajstić information content (AvgIpc) is 3.23. The molecule has 31 heavy (non-hydrogen) atoms. The summed E-state index contributed by atoms with van der Waals surface area (Å²) in [7, 11) is 0. The fraction of sp³-hybridized carbons (Fsp3) is 0.120. The summed E-state index contributed by atoms with van der Waals surface area (Å²) in [6, 6.07) is 18.8. The Morgan fingerprint density at radius 3 is 2.48 bits per heavy atom. The number of hydrogen-bond donors (Lipinski definition) is 2. The number of carbonyl (C=O) groups is 1. The lowest BCUT2D eigenvalue weighted by Gasteiger charge is -2.07. The molecule has 1 heterocycles. The highest BCUT2D eigenvalue weighted by atomic mass is 19.2. The first-order valence-corrected chi connectivity index (χ1v) is 9.88. The van der Waals surface area contributed by atoms with Crippen LogP contribution in [0.15, 0.2) is 72.9 Å². The number of rotatable bonds is 7. The Kier molecular flexibility index (Phi) is 5.89. The maximum atomic E-state index is 13.8. The van der Waals surface area contributed by atoms with E-state index in [4.69, 9.17) is 0 Å². The molecule has 4 aromatic rings. The highest BCUT2D eigenvalue weighted by Gasteiger charge is 2.12. The Morgan fingerprint density at radius 2 is 1.71 bits per heavy atom. The minimum absolute atomic E-state index is 0.244. The predicted molar refractivity (Wildman–Crippen MR) is 114 cm³/mol. The van der Waals surface area contributed by atoms with Gasteiger partial charge in [0.05, 0.1) is 5.56 Å². The number of halogens is 2. The predicted octanol–water partition coefficient (Wildman–Crippen LogP) is 5.43. The largest absolute Gasteiger partial charge is 0.478 e. The van der Waals surface area contributed by atoms with Crippen LogP contribution in [0.3, 0.4) is 0 Å². The molecular weight excluding hydrogens is 398 g/mol. The number of aromatic amines is 1. The molecule has 4 rings (SSSR count). The second-order valence-corrected chi connectivity index (χ2v) is 7.29. The Morgan fingerprint density at radius 1 is 0.935 bits per heavy atom. The number of carboxylic acid groups (broad SMARTS) is 1. The van der Waals surface area contributed by atoms with Crippen molar-refractivity contribution in [1.29, 1.82) is 0 Å². The molecular formula is C25H20F2N2O2. The fourth-order valence-corrected chi connectivity index (χ4v) is 3.55. The number of benzene rings is 3. The van der Waals surface area contributed by atoms with Crippen LogP contribution in [0.1, 0.15) is 33.0 Å². The maximum Gasteiger partial charge on any atom is 0.336 e. The van der Waals surface area contributed by atoms with Gasteiger partial charge in [-0.15, -0.1) is 0 Å². The minimum atomic E-state index is -0.952. The summed E-state index contributed by atoms with van der Waals surface area (Å²) in [6.45, 7) is 0. The van der Waals surface area contributed by atoms with E-state index in [1.165, 1.54) is 6.07 Å².